The lowest BCUT2D eigenvalue weighted by Crippen LogP contribution is -2.22. The van der Waals surface area contributed by atoms with Crippen LogP contribution < -0.4 is 5.32 Å². The molecule has 0 aliphatic carbocycles. The summed E-state index contributed by atoms with van der Waals surface area (Å²) < 4.78 is 0. The van der Waals surface area contributed by atoms with Crippen LogP contribution in [0.4, 0.5) is 5.69 Å². The molecule has 19 heavy (non-hydrogen) atoms. The molecule has 1 aromatic rings. The SMILES string of the molecule is O=C(O)C=Cc1ccc(NC(=O)C2CCSC2)cc1. The Labute approximate surface area is 115 Å². The first kappa shape index (κ1) is 13.7. The van der Waals surface area contributed by atoms with Crippen LogP contribution in [0.3, 0.4) is 0 Å². The number of anilines is 1. The number of hydrogen-bond acceptors (Lipinski definition) is 3. The number of carboxylic acids is 1. The van der Waals surface area contributed by atoms with E-state index in [0.29, 0.717) is 0 Å². The van der Waals surface area contributed by atoms with Crippen molar-refractivity contribution in [3.63, 3.8) is 0 Å². The number of aliphatic carboxylic acids is 1. The van der Waals surface area contributed by atoms with Crippen molar-refractivity contribution in [1.82, 2.24) is 0 Å². The van der Waals surface area contributed by atoms with E-state index < -0.39 is 5.97 Å². The van der Waals surface area contributed by atoms with E-state index in [9.17, 15) is 9.59 Å². The molecule has 1 amide bonds. The molecule has 1 heterocycles. The van der Waals surface area contributed by atoms with Gasteiger partial charge in [-0.25, -0.2) is 4.79 Å². The highest BCUT2D eigenvalue weighted by Crippen LogP contribution is 2.24. The predicted octanol–water partition coefficient (Wildman–Crippen LogP) is 2.48. The van der Waals surface area contributed by atoms with E-state index in [1.54, 1.807) is 24.3 Å². The summed E-state index contributed by atoms with van der Waals surface area (Å²) in [7, 11) is 0. The van der Waals surface area contributed by atoms with Gasteiger partial charge in [-0.1, -0.05) is 12.1 Å². The Bertz CT molecular complexity index is 490. The second-order valence-electron chi connectivity index (χ2n) is 4.34. The van der Waals surface area contributed by atoms with Crippen LogP contribution in [-0.4, -0.2) is 28.5 Å². The average molecular weight is 277 g/mol. The summed E-state index contributed by atoms with van der Waals surface area (Å²) in [6, 6.07) is 7.11. The van der Waals surface area contributed by atoms with E-state index in [4.69, 9.17) is 5.11 Å². The zero-order valence-electron chi connectivity index (χ0n) is 10.3. The molecule has 0 saturated carbocycles. The lowest BCUT2D eigenvalue weighted by atomic mass is 10.1. The van der Waals surface area contributed by atoms with Crippen molar-refractivity contribution in [3.8, 4) is 0 Å². The Morgan fingerprint density at radius 3 is 2.63 bits per heavy atom. The van der Waals surface area contributed by atoms with Gasteiger partial charge >= 0.3 is 5.97 Å². The summed E-state index contributed by atoms with van der Waals surface area (Å²) in [5.41, 5.74) is 1.53. The molecule has 0 spiro atoms. The lowest BCUT2D eigenvalue weighted by molar-refractivity contribution is -0.131. The topological polar surface area (TPSA) is 66.4 Å². The molecule has 0 bridgehead atoms. The van der Waals surface area contributed by atoms with Gasteiger partial charge in [-0.3, -0.25) is 4.79 Å². The van der Waals surface area contributed by atoms with Crippen molar-refractivity contribution in [2.45, 2.75) is 6.42 Å². The van der Waals surface area contributed by atoms with E-state index >= 15 is 0 Å². The fourth-order valence-corrected chi connectivity index (χ4v) is 3.05. The van der Waals surface area contributed by atoms with Gasteiger partial charge in [-0.05, 0) is 35.9 Å². The van der Waals surface area contributed by atoms with E-state index in [0.717, 1.165) is 35.3 Å². The highest BCUT2D eigenvalue weighted by Gasteiger charge is 2.22. The fourth-order valence-electron chi connectivity index (χ4n) is 1.83. The van der Waals surface area contributed by atoms with Crippen LogP contribution in [0.5, 0.6) is 0 Å². The number of hydrogen-bond donors (Lipinski definition) is 2. The molecule has 1 unspecified atom stereocenters. The number of benzene rings is 1. The Balaban J connectivity index is 1.94. The highest BCUT2D eigenvalue weighted by atomic mass is 32.2. The fraction of sp³-hybridized carbons (Fsp3) is 0.286. The zero-order chi connectivity index (χ0) is 13.7. The third kappa shape index (κ3) is 4.13. The average Bonchev–Trinajstić information content (AvgIpc) is 2.92. The van der Waals surface area contributed by atoms with Crippen LogP contribution in [0.1, 0.15) is 12.0 Å². The molecule has 1 aliphatic heterocycles. The molecule has 1 atom stereocenters. The van der Waals surface area contributed by atoms with Crippen molar-refractivity contribution < 1.29 is 14.7 Å². The number of rotatable bonds is 4. The van der Waals surface area contributed by atoms with Crippen molar-refractivity contribution in [3.05, 3.63) is 35.9 Å². The summed E-state index contributed by atoms with van der Waals surface area (Å²) in [5, 5.41) is 11.4. The van der Waals surface area contributed by atoms with Gasteiger partial charge in [0, 0.05) is 23.4 Å². The Morgan fingerprint density at radius 1 is 1.32 bits per heavy atom. The minimum absolute atomic E-state index is 0.0684. The van der Waals surface area contributed by atoms with Gasteiger partial charge in [0.25, 0.3) is 0 Å². The molecule has 1 fully saturated rings. The van der Waals surface area contributed by atoms with E-state index in [-0.39, 0.29) is 11.8 Å². The number of nitrogens with one attached hydrogen (secondary N) is 1. The van der Waals surface area contributed by atoms with Gasteiger partial charge in [0.15, 0.2) is 0 Å². The monoisotopic (exact) mass is 277 g/mol. The first-order valence-electron chi connectivity index (χ1n) is 6.05. The van der Waals surface area contributed by atoms with Crippen LogP contribution in [-0.2, 0) is 9.59 Å². The molecule has 4 nitrogen and oxygen atoms in total. The Kier molecular flexibility index (Phi) is 4.63. The Morgan fingerprint density at radius 2 is 2.05 bits per heavy atom. The van der Waals surface area contributed by atoms with Crippen molar-refractivity contribution in [1.29, 1.82) is 0 Å². The molecule has 1 aliphatic rings. The van der Waals surface area contributed by atoms with Gasteiger partial charge in [0.05, 0.1) is 0 Å². The first-order chi connectivity index (χ1) is 9.15. The van der Waals surface area contributed by atoms with Crippen molar-refractivity contribution >= 4 is 35.4 Å². The van der Waals surface area contributed by atoms with Gasteiger partial charge in [-0.15, -0.1) is 0 Å². The smallest absolute Gasteiger partial charge is 0.328 e. The third-order valence-electron chi connectivity index (χ3n) is 2.90. The predicted molar refractivity (Wildman–Crippen MR) is 77.2 cm³/mol. The van der Waals surface area contributed by atoms with E-state index in [2.05, 4.69) is 5.32 Å². The highest BCUT2D eigenvalue weighted by molar-refractivity contribution is 7.99. The van der Waals surface area contributed by atoms with Crippen molar-refractivity contribution in [2.75, 3.05) is 16.8 Å². The third-order valence-corrected chi connectivity index (χ3v) is 4.06. The van der Waals surface area contributed by atoms with Crippen LogP contribution in [0.2, 0.25) is 0 Å². The maximum atomic E-state index is 11.9. The minimum Gasteiger partial charge on any atom is -0.478 e. The zero-order valence-corrected chi connectivity index (χ0v) is 11.2. The molecule has 2 N–H and O–H groups in total. The molecular weight excluding hydrogens is 262 g/mol. The number of carbonyl (C=O) groups is 2. The van der Waals surface area contributed by atoms with Crippen LogP contribution in [0.25, 0.3) is 6.08 Å². The van der Waals surface area contributed by atoms with Crippen LogP contribution >= 0.6 is 11.8 Å². The molecular formula is C14H15NO3S. The number of carboxylic acid groups (broad SMARTS) is 1. The normalized spacial score (nSPS) is 18.6. The largest absolute Gasteiger partial charge is 0.478 e. The molecule has 2 rings (SSSR count). The molecule has 0 aromatic heterocycles. The lowest BCUT2D eigenvalue weighted by Gasteiger charge is -2.09. The van der Waals surface area contributed by atoms with E-state index in [1.165, 1.54) is 6.08 Å². The van der Waals surface area contributed by atoms with Gasteiger partial charge in [0.2, 0.25) is 5.91 Å². The molecule has 1 aromatic carbocycles. The standard InChI is InChI=1S/C14H15NO3S/c16-13(17)6-3-10-1-4-12(5-2-10)15-14(18)11-7-8-19-9-11/h1-6,11H,7-9H2,(H,15,18)(H,16,17). The van der Waals surface area contributed by atoms with Crippen LogP contribution in [0, 0.1) is 5.92 Å². The second-order valence-corrected chi connectivity index (χ2v) is 5.49. The van der Waals surface area contributed by atoms with Gasteiger partial charge in [0.1, 0.15) is 0 Å². The molecule has 0 radical (unpaired) electrons. The summed E-state index contributed by atoms with van der Waals surface area (Å²) in [5.74, 6) is 1.15. The van der Waals surface area contributed by atoms with Gasteiger partial charge < -0.3 is 10.4 Å². The molecule has 1 saturated heterocycles. The minimum atomic E-state index is -0.976. The van der Waals surface area contributed by atoms with Crippen LogP contribution in [0.15, 0.2) is 30.3 Å². The maximum Gasteiger partial charge on any atom is 0.328 e. The van der Waals surface area contributed by atoms with Crippen molar-refractivity contribution in [2.24, 2.45) is 5.92 Å². The number of carbonyl (C=O) groups excluding carboxylic acids is 1. The second kappa shape index (κ2) is 6.43. The summed E-state index contributed by atoms with van der Waals surface area (Å²) >= 11 is 1.81. The quantitative estimate of drug-likeness (QED) is 0.830. The van der Waals surface area contributed by atoms with Gasteiger partial charge in [-0.2, -0.15) is 11.8 Å². The summed E-state index contributed by atoms with van der Waals surface area (Å²) in [6.07, 6.45) is 3.54. The molecule has 5 heteroatoms. The maximum absolute atomic E-state index is 11.9. The Hall–Kier alpha value is -1.75. The summed E-state index contributed by atoms with van der Waals surface area (Å²) in [4.78, 5) is 22.3. The number of thioether (sulfide) groups is 1. The summed E-state index contributed by atoms with van der Waals surface area (Å²) in [6.45, 7) is 0. The first-order valence-corrected chi connectivity index (χ1v) is 7.20. The number of amides is 1. The van der Waals surface area contributed by atoms with E-state index in [1.807, 2.05) is 11.8 Å². The molecule has 100 valence electrons.